The van der Waals surface area contributed by atoms with Gasteiger partial charge in [0, 0.05) is 24.1 Å². The van der Waals surface area contributed by atoms with Crippen LogP contribution in [0.15, 0.2) is 60.8 Å². The Balaban J connectivity index is 1.49. The largest absolute Gasteiger partial charge is 0.445 e. The van der Waals surface area contributed by atoms with Crippen LogP contribution in [0.4, 0.5) is 4.79 Å². The van der Waals surface area contributed by atoms with Crippen molar-refractivity contribution in [2.75, 3.05) is 6.54 Å². The van der Waals surface area contributed by atoms with Gasteiger partial charge >= 0.3 is 6.09 Å². The number of amides is 1. The maximum atomic E-state index is 12.8. The molecule has 1 saturated heterocycles. The molecule has 1 aliphatic rings. The molecule has 0 radical (unpaired) electrons. The molecule has 3 aromatic rings. The molecule has 0 bridgehead atoms. The zero-order valence-electron chi connectivity index (χ0n) is 17.0. The van der Waals surface area contributed by atoms with Crippen LogP contribution in [-0.4, -0.2) is 27.1 Å². The summed E-state index contributed by atoms with van der Waals surface area (Å²) in [6.07, 6.45) is 4.69. The van der Waals surface area contributed by atoms with Gasteiger partial charge in [0.05, 0.1) is 6.04 Å². The minimum atomic E-state index is -0.250. The van der Waals surface area contributed by atoms with E-state index in [4.69, 9.17) is 4.74 Å². The number of likely N-dealkylation sites (tertiary alicyclic amines) is 1. The number of piperidine rings is 1. The molecular formula is C24H27N3O2. The first-order valence-electron chi connectivity index (χ1n) is 10.2. The molecule has 0 N–H and O–H groups in total. The molecule has 1 amide bonds. The summed E-state index contributed by atoms with van der Waals surface area (Å²) in [5.74, 6) is 0.905. The minimum absolute atomic E-state index is 0.0143. The van der Waals surface area contributed by atoms with E-state index in [2.05, 4.69) is 41.6 Å². The van der Waals surface area contributed by atoms with Gasteiger partial charge in [0.25, 0.3) is 0 Å². The molecule has 1 aliphatic heterocycles. The van der Waals surface area contributed by atoms with Crippen LogP contribution in [0, 0.1) is 13.8 Å². The molecular weight excluding hydrogens is 362 g/mol. The van der Waals surface area contributed by atoms with Crippen LogP contribution in [0.25, 0.3) is 5.82 Å². The second kappa shape index (κ2) is 8.52. The number of benzene rings is 1. The lowest BCUT2D eigenvalue weighted by atomic mass is 9.97. The average Bonchev–Trinajstić information content (AvgIpc) is 3.11. The van der Waals surface area contributed by atoms with Crippen molar-refractivity contribution in [2.45, 2.75) is 45.8 Å². The fourth-order valence-electron chi connectivity index (χ4n) is 4.06. The van der Waals surface area contributed by atoms with Crippen LogP contribution in [0.1, 0.15) is 47.8 Å². The van der Waals surface area contributed by atoms with Crippen molar-refractivity contribution >= 4 is 6.09 Å². The van der Waals surface area contributed by atoms with Crippen LogP contribution in [-0.2, 0) is 11.3 Å². The molecule has 0 saturated carbocycles. The molecule has 1 fully saturated rings. The molecule has 5 nitrogen and oxygen atoms in total. The fourth-order valence-corrected chi connectivity index (χ4v) is 4.06. The molecule has 1 aromatic carbocycles. The Kier molecular flexibility index (Phi) is 5.65. The lowest BCUT2D eigenvalue weighted by Crippen LogP contribution is -2.38. The second-order valence-electron chi connectivity index (χ2n) is 7.65. The summed E-state index contributed by atoms with van der Waals surface area (Å²) in [4.78, 5) is 19.3. The van der Waals surface area contributed by atoms with Gasteiger partial charge in [-0.3, -0.25) is 0 Å². The molecule has 2 aromatic heterocycles. The summed E-state index contributed by atoms with van der Waals surface area (Å²) in [6.45, 7) is 5.17. The quantitative estimate of drug-likeness (QED) is 0.604. The van der Waals surface area contributed by atoms with E-state index in [1.165, 1.54) is 0 Å². The molecule has 0 unspecified atom stereocenters. The van der Waals surface area contributed by atoms with Crippen molar-refractivity contribution in [3.63, 3.8) is 0 Å². The maximum absolute atomic E-state index is 12.8. The Bertz CT molecular complexity index is 944. The number of carbonyl (C=O) groups is 1. The van der Waals surface area contributed by atoms with Gasteiger partial charge in [0.1, 0.15) is 12.4 Å². The third-order valence-electron chi connectivity index (χ3n) is 5.60. The van der Waals surface area contributed by atoms with Crippen molar-refractivity contribution in [1.29, 1.82) is 0 Å². The Morgan fingerprint density at radius 3 is 2.48 bits per heavy atom. The van der Waals surface area contributed by atoms with E-state index in [0.717, 1.165) is 54.1 Å². The van der Waals surface area contributed by atoms with Gasteiger partial charge in [-0.05, 0) is 62.4 Å². The molecule has 29 heavy (non-hydrogen) atoms. The zero-order chi connectivity index (χ0) is 20.2. The summed E-state index contributed by atoms with van der Waals surface area (Å²) in [6, 6.07) is 18.1. The monoisotopic (exact) mass is 389 g/mol. The summed E-state index contributed by atoms with van der Waals surface area (Å²) >= 11 is 0. The van der Waals surface area contributed by atoms with E-state index in [0.29, 0.717) is 6.61 Å². The smallest absolute Gasteiger partial charge is 0.410 e. The predicted molar refractivity (Wildman–Crippen MR) is 113 cm³/mol. The maximum Gasteiger partial charge on any atom is 0.410 e. The first-order valence-corrected chi connectivity index (χ1v) is 10.2. The van der Waals surface area contributed by atoms with Crippen LogP contribution >= 0.6 is 0 Å². The number of ether oxygens (including phenoxy) is 1. The molecule has 0 spiro atoms. The fraction of sp³-hybridized carbons (Fsp3) is 0.333. The summed E-state index contributed by atoms with van der Waals surface area (Å²) in [5.41, 5.74) is 4.38. The molecule has 1 atom stereocenters. The highest BCUT2D eigenvalue weighted by Gasteiger charge is 2.29. The van der Waals surface area contributed by atoms with Crippen molar-refractivity contribution in [1.82, 2.24) is 14.5 Å². The predicted octanol–water partition coefficient (Wildman–Crippen LogP) is 5.35. The number of hydrogen-bond acceptors (Lipinski definition) is 3. The number of aromatic nitrogens is 2. The number of nitrogens with zero attached hydrogens (tertiary/aromatic N) is 3. The van der Waals surface area contributed by atoms with Crippen molar-refractivity contribution in [3.8, 4) is 5.82 Å². The number of rotatable bonds is 4. The molecule has 5 heteroatoms. The van der Waals surface area contributed by atoms with Crippen LogP contribution in [0.5, 0.6) is 0 Å². The topological polar surface area (TPSA) is 47.4 Å². The van der Waals surface area contributed by atoms with Gasteiger partial charge in [0.15, 0.2) is 0 Å². The van der Waals surface area contributed by atoms with Gasteiger partial charge in [-0.25, -0.2) is 9.78 Å². The van der Waals surface area contributed by atoms with Gasteiger partial charge in [-0.1, -0.05) is 36.4 Å². The number of hydrogen-bond donors (Lipinski definition) is 0. The third-order valence-corrected chi connectivity index (χ3v) is 5.60. The molecule has 4 rings (SSSR count). The van der Waals surface area contributed by atoms with Gasteiger partial charge in [0.2, 0.25) is 0 Å². The third kappa shape index (κ3) is 4.19. The molecule has 0 aliphatic carbocycles. The van der Waals surface area contributed by atoms with Crippen molar-refractivity contribution in [2.24, 2.45) is 0 Å². The van der Waals surface area contributed by atoms with Crippen molar-refractivity contribution in [3.05, 3.63) is 83.3 Å². The first kappa shape index (κ1) is 19.2. The van der Waals surface area contributed by atoms with E-state index in [1.807, 2.05) is 47.5 Å². The lowest BCUT2D eigenvalue weighted by molar-refractivity contribution is 0.0678. The summed E-state index contributed by atoms with van der Waals surface area (Å²) in [5, 5.41) is 0. The van der Waals surface area contributed by atoms with Gasteiger partial charge in [-0.15, -0.1) is 0 Å². The van der Waals surface area contributed by atoms with E-state index in [1.54, 1.807) is 0 Å². The van der Waals surface area contributed by atoms with Crippen LogP contribution in [0.2, 0.25) is 0 Å². The van der Waals surface area contributed by atoms with E-state index < -0.39 is 0 Å². The Labute approximate surface area is 171 Å². The minimum Gasteiger partial charge on any atom is -0.445 e. The Morgan fingerprint density at radius 2 is 1.79 bits per heavy atom. The van der Waals surface area contributed by atoms with E-state index in [9.17, 15) is 4.79 Å². The number of aryl methyl sites for hydroxylation is 2. The van der Waals surface area contributed by atoms with Crippen molar-refractivity contribution < 1.29 is 9.53 Å². The average molecular weight is 389 g/mol. The summed E-state index contributed by atoms with van der Waals surface area (Å²) < 4.78 is 7.73. The zero-order valence-corrected chi connectivity index (χ0v) is 17.0. The number of carbonyl (C=O) groups excluding carboxylic acids is 1. The van der Waals surface area contributed by atoms with Gasteiger partial charge in [-0.2, -0.15) is 0 Å². The highest BCUT2D eigenvalue weighted by molar-refractivity contribution is 5.68. The highest BCUT2D eigenvalue weighted by atomic mass is 16.6. The molecule has 3 heterocycles. The normalized spacial score (nSPS) is 16.6. The lowest BCUT2D eigenvalue weighted by Gasteiger charge is -2.35. The van der Waals surface area contributed by atoms with E-state index in [-0.39, 0.29) is 12.1 Å². The van der Waals surface area contributed by atoms with Crippen LogP contribution in [0.3, 0.4) is 0 Å². The standard InChI is InChI=1S/C24H27N3O2/c1-18-11-12-19(2)27(18)23-14-13-21(16-25-23)22-10-6-7-15-26(22)24(28)29-17-20-8-4-3-5-9-20/h3-5,8-9,11-14,16,22H,6-7,10,15,17H2,1-2H3/t22-/m1/s1. The SMILES string of the molecule is Cc1ccc(C)n1-c1ccc([C@H]2CCCCN2C(=O)OCc2ccccc2)cn1. The summed E-state index contributed by atoms with van der Waals surface area (Å²) in [7, 11) is 0. The highest BCUT2D eigenvalue weighted by Crippen LogP contribution is 2.31. The molecule has 150 valence electrons. The Morgan fingerprint density at radius 1 is 1.03 bits per heavy atom. The van der Waals surface area contributed by atoms with Gasteiger partial charge < -0.3 is 14.2 Å². The Hall–Kier alpha value is -3.08. The number of pyridine rings is 1. The first-order chi connectivity index (χ1) is 14.1. The second-order valence-corrected chi connectivity index (χ2v) is 7.65. The van der Waals surface area contributed by atoms with Crippen LogP contribution < -0.4 is 0 Å². The van der Waals surface area contributed by atoms with E-state index >= 15 is 0 Å².